The lowest BCUT2D eigenvalue weighted by atomic mass is 10.1. The number of halogens is 1. The summed E-state index contributed by atoms with van der Waals surface area (Å²) in [7, 11) is 1.34. The van der Waals surface area contributed by atoms with Crippen molar-refractivity contribution in [1.29, 1.82) is 0 Å². The second kappa shape index (κ2) is 9.20. The molecule has 1 fully saturated rings. The molecule has 7 nitrogen and oxygen atoms in total. The first kappa shape index (κ1) is 24.5. The van der Waals surface area contributed by atoms with Crippen LogP contribution in [-0.4, -0.2) is 34.6 Å². The summed E-state index contributed by atoms with van der Waals surface area (Å²) in [5.41, 5.74) is 3.73. The molecule has 1 aliphatic rings. The van der Waals surface area contributed by atoms with Gasteiger partial charge in [0.2, 0.25) is 0 Å². The summed E-state index contributed by atoms with van der Waals surface area (Å²) in [5, 5.41) is 3.15. The molecule has 1 aromatic carbocycles. The highest BCUT2D eigenvalue weighted by molar-refractivity contribution is 7.80. The zero-order chi connectivity index (χ0) is 25.6. The van der Waals surface area contributed by atoms with Gasteiger partial charge in [-0.2, -0.15) is 0 Å². The highest BCUT2D eigenvalue weighted by Gasteiger charge is 2.35. The number of thiocarbonyl (C=S) groups is 1. The number of nitrogens with one attached hydrogen (secondary N) is 1. The molecule has 1 aliphatic heterocycles. The number of ether oxygens (including phenoxy) is 1. The topological polar surface area (TPSA) is 80.6 Å². The molecule has 4 rings (SSSR count). The van der Waals surface area contributed by atoms with Crippen LogP contribution < -0.4 is 10.2 Å². The summed E-state index contributed by atoms with van der Waals surface area (Å²) in [5.74, 6) is -2.13. The van der Waals surface area contributed by atoms with Crippen molar-refractivity contribution >= 4 is 58.2 Å². The predicted octanol–water partition coefficient (Wildman–Crippen LogP) is 4.53. The van der Waals surface area contributed by atoms with Gasteiger partial charge in [-0.15, -0.1) is 11.3 Å². The number of carbonyl (C=O) groups is 3. The fourth-order valence-electron chi connectivity index (χ4n) is 3.99. The molecule has 0 spiro atoms. The maximum atomic E-state index is 13.4. The van der Waals surface area contributed by atoms with Crippen molar-refractivity contribution < 1.29 is 23.5 Å². The number of thiophene rings is 1. The fourth-order valence-corrected chi connectivity index (χ4v) is 5.53. The number of hydrogen-bond donors (Lipinski definition) is 1. The quantitative estimate of drug-likeness (QED) is 0.241. The van der Waals surface area contributed by atoms with Gasteiger partial charge in [0, 0.05) is 16.3 Å². The van der Waals surface area contributed by atoms with Crippen molar-refractivity contribution in [3.63, 3.8) is 0 Å². The minimum atomic E-state index is -0.624. The van der Waals surface area contributed by atoms with Crippen molar-refractivity contribution in [3.05, 3.63) is 74.7 Å². The maximum Gasteiger partial charge on any atom is 0.341 e. The molecule has 3 heterocycles. The molecule has 2 aromatic heterocycles. The number of benzene rings is 1. The van der Waals surface area contributed by atoms with Crippen LogP contribution in [0.3, 0.4) is 0 Å². The smallest absolute Gasteiger partial charge is 0.341 e. The Morgan fingerprint density at radius 2 is 1.80 bits per heavy atom. The van der Waals surface area contributed by atoms with Gasteiger partial charge in [-0.3, -0.25) is 19.8 Å². The summed E-state index contributed by atoms with van der Waals surface area (Å²) in [6.45, 7) is 7.53. The van der Waals surface area contributed by atoms with Crippen molar-refractivity contribution in [2.24, 2.45) is 0 Å². The Morgan fingerprint density at radius 3 is 2.43 bits per heavy atom. The zero-order valence-corrected chi connectivity index (χ0v) is 21.3. The van der Waals surface area contributed by atoms with Crippen LogP contribution in [0.1, 0.15) is 37.7 Å². The van der Waals surface area contributed by atoms with E-state index in [1.807, 2.05) is 38.3 Å². The molecule has 3 aromatic rings. The molecule has 0 atom stereocenters. The first-order valence-electron chi connectivity index (χ1n) is 10.6. The van der Waals surface area contributed by atoms with Gasteiger partial charge in [0.05, 0.1) is 18.4 Å². The van der Waals surface area contributed by atoms with Crippen LogP contribution in [0.5, 0.6) is 0 Å². The normalized spacial score (nSPS) is 15.1. The Balaban J connectivity index is 1.81. The number of rotatable bonds is 4. The molecule has 0 aliphatic carbocycles. The molecule has 35 heavy (non-hydrogen) atoms. The fraction of sp³-hybridized carbons (Fsp3) is 0.200. The van der Waals surface area contributed by atoms with Gasteiger partial charge in [0.25, 0.3) is 11.8 Å². The second-order valence-corrected chi connectivity index (χ2v) is 9.64. The van der Waals surface area contributed by atoms with Crippen LogP contribution in [0.25, 0.3) is 11.1 Å². The third-order valence-electron chi connectivity index (χ3n) is 5.92. The number of amides is 2. The highest BCUT2D eigenvalue weighted by atomic mass is 32.1. The van der Waals surface area contributed by atoms with Gasteiger partial charge in [-0.25, -0.2) is 9.18 Å². The van der Waals surface area contributed by atoms with Crippen molar-refractivity contribution in [3.8, 4) is 5.00 Å². The summed E-state index contributed by atoms with van der Waals surface area (Å²) < 4.78 is 20.3. The van der Waals surface area contributed by atoms with E-state index in [1.54, 1.807) is 0 Å². The molecule has 10 heteroatoms. The Labute approximate surface area is 210 Å². The van der Waals surface area contributed by atoms with Gasteiger partial charge >= 0.3 is 5.97 Å². The lowest BCUT2D eigenvalue weighted by Crippen LogP contribution is -2.54. The number of anilines is 1. The van der Waals surface area contributed by atoms with Crippen LogP contribution in [0, 0.1) is 33.5 Å². The third kappa shape index (κ3) is 4.19. The number of methoxy groups -OCH3 is 1. The third-order valence-corrected chi connectivity index (χ3v) is 7.39. The van der Waals surface area contributed by atoms with E-state index in [0.717, 1.165) is 26.7 Å². The molecule has 0 bridgehead atoms. The van der Waals surface area contributed by atoms with Gasteiger partial charge < -0.3 is 9.30 Å². The summed E-state index contributed by atoms with van der Waals surface area (Å²) >= 11 is 6.66. The highest BCUT2D eigenvalue weighted by Crippen LogP contribution is 2.35. The van der Waals surface area contributed by atoms with E-state index < -0.39 is 23.6 Å². The summed E-state index contributed by atoms with van der Waals surface area (Å²) in [6.07, 6.45) is 1.50. The molecule has 0 saturated carbocycles. The van der Waals surface area contributed by atoms with E-state index in [1.165, 1.54) is 48.8 Å². The van der Waals surface area contributed by atoms with Gasteiger partial charge in [-0.05, 0) is 87.4 Å². The van der Waals surface area contributed by atoms with Crippen LogP contribution in [-0.2, 0) is 14.3 Å². The van der Waals surface area contributed by atoms with Crippen LogP contribution in [0.2, 0.25) is 0 Å². The van der Waals surface area contributed by atoms with E-state index in [-0.39, 0.29) is 10.7 Å². The minimum absolute atomic E-state index is 0.0820. The Morgan fingerprint density at radius 1 is 1.14 bits per heavy atom. The van der Waals surface area contributed by atoms with E-state index in [9.17, 15) is 18.8 Å². The molecule has 0 radical (unpaired) electrons. The predicted molar refractivity (Wildman–Crippen MR) is 137 cm³/mol. The molecular formula is C25H22FN3O4S2. The summed E-state index contributed by atoms with van der Waals surface area (Å²) in [6, 6.07) is 7.08. The van der Waals surface area contributed by atoms with Crippen molar-refractivity contribution in [2.45, 2.75) is 27.7 Å². The monoisotopic (exact) mass is 511 g/mol. The lowest BCUT2D eigenvalue weighted by Gasteiger charge is -2.28. The zero-order valence-electron chi connectivity index (χ0n) is 19.7. The molecule has 180 valence electrons. The van der Waals surface area contributed by atoms with E-state index in [0.29, 0.717) is 21.8 Å². The van der Waals surface area contributed by atoms with E-state index >= 15 is 0 Å². The number of esters is 1. The summed E-state index contributed by atoms with van der Waals surface area (Å²) in [4.78, 5) is 40.7. The number of aryl methyl sites for hydroxylation is 2. The first-order valence-corrected chi connectivity index (χ1v) is 11.8. The Kier molecular flexibility index (Phi) is 6.44. The second-order valence-electron chi connectivity index (χ2n) is 8.05. The van der Waals surface area contributed by atoms with Crippen molar-refractivity contribution in [2.75, 3.05) is 12.0 Å². The maximum absolute atomic E-state index is 13.4. The van der Waals surface area contributed by atoms with E-state index in [4.69, 9.17) is 17.0 Å². The number of hydrogen-bond acceptors (Lipinski definition) is 6. The molecule has 2 amide bonds. The number of nitrogens with zero attached hydrogens (tertiary/aromatic N) is 2. The van der Waals surface area contributed by atoms with Crippen molar-refractivity contribution in [1.82, 2.24) is 9.88 Å². The molecule has 0 unspecified atom stereocenters. The van der Waals surface area contributed by atoms with Crippen LogP contribution in [0.4, 0.5) is 10.1 Å². The Bertz CT molecular complexity index is 1430. The molecule has 1 saturated heterocycles. The average molecular weight is 512 g/mol. The lowest BCUT2D eigenvalue weighted by molar-refractivity contribution is -0.122. The first-order chi connectivity index (χ1) is 16.5. The number of aromatic nitrogens is 1. The minimum Gasteiger partial charge on any atom is -0.465 e. The van der Waals surface area contributed by atoms with Crippen LogP contribution >= 0.6 is 23.6 Å². The van der Waals surface area contributed by atoms with Gasteiger partial charge in [0.1, 0.15) is 16.4 Å². The van der Waals surface area contributed by atoms with Gasteiger partial charge in [0.15, 0.2) is 5.11 Å². The standard InChI is InChI=1S/C25H22FN3O4S2/c1-12-10-16(14(3)28(12)23-20(24(32)33-5)13(2)15(4)35-23)11-19-21(30)27-25(34)29(22(19)31)18-8-6-17(26)7-9-18/h6-11H,1-5H3,(H,27,30,34)/b19-11+. The largest absolute Gasteiger partial charge is 0.465 e. The van der Waals surface area contributed by atoms with Gasteiger partial charge in [-0.1, -0.05) is 0 Å². The van der Waals surface area contributed by atoms with E-state index in [2.05, 4.69) is 5.32 Å². The molecule has 1 N–H and O–H groups in total. The SMILES string of the molecule is COC(=O)c1c(-n2c(C)cc(/C=C3\C(=O)NC(=S)N(c4ccc(F)cc4)C3=O)c2C)sc(C)c1C. The molecular weight excluding hydrogens is 489 g/mol. The average Bonchev–Trinajstić information content (AvgIpc) is 3.25. The Hall–Kier alpha value is -3.63. The number of carbonyl (C=O) groups excluding carboxylic acids is 3. The van der Waals surface area contributed by atoms with Crippen LogP contribution in [0.15, 0.2) is 35.9 Å².